The highest BCUT2D eigenvalue weighted by atomic mass is 16.5. The number of likely N-dealkylation sites (tertiary alicyclic amines) is 1. The predicted octanol–water partition coefficient (Wildman–Crippen LogP) is 3.69. The number of hydrogen-bond acceptors (Lipinski definition) is 3. The molecule has 112 valence electrons. The minimum atomic E-state index is 0.730. The van der Waals surface area contributed by atoms with Gasteiger partial charge in [-0.3, -0.25) is 0 Å². The zero-order valence-electron chi connectivity index (χ0n) is 12.7. The third kappa shape index (κ3) is 4.41. The smallest absolute Gasteiger partial charge is 0.142 e. The Hall–Kier alpha value is -1.22. The summed E-state index contributed by atoms with van der Waals surface area (Å²) in [6.07, 6.45) is 7.85. The average molecular weight is 276 g/mol. The lowest BCUT2D eigenvalue weighted by Crippen LogP contribution is -2.35. The molecule has 1 saturated heterocycles. The number of ether oxygens (including phenoxy) is 1. The molecule has 1 aliphatic heterocycles. The number of para-hydroxylation sites is 2. The van der Waals surface area contributed by atoms with Crippen molar-refractivity contribution in [2.24, 2.45) is 0 Å². The predicted molar refractivity (Wildman–Crippen MR) is 85.1 cm³/mol. The second-order valence-electron chi connectivity index (χ2n) is 5.69. The average Bonchev–Trinajstić information content (AvgIpc) is 2.70. The molecule has 0 aliphatic carbocycles. The van der Waals surface area contributed by atoms with Gasteiger partial charge in [0.05, 0.1) is 12.3 Å². The first-order valence-corrected chi connectivity index (χ1v) is 8.02. The van der Waals surface area contributed by atoms with E-state index in [-0.39, 0.29) is 0 Å². The Kier molecular flexibility index (Phi) is 6.19. The molecule has 0 amide bonds. The quantitative estimate of drug-likeness (QED) is 0.636. The summed E-state index contributed by atoms with van der Waals surface area (Å²) in [5, 5.41) is 0. The molecule has 0 bridgehead atoms. The van der Waals surface area contributed by atoms with E-state index in [1.54, 1.807) is 0 Å². The molecule has 2 N–H and O–H groups in total. The van der Waals surface area contributed by atoms with Gasteiger partial charge in [-0.05, 0) is 44.4 Å². The van der Waals surface area contributed by atoms with Crippen molar-refractivity contribution < 1.29 is 4.74 Å². The topological polar surface area (TPSA) is 38.5 Å². The molecule has 1 aliphatic rings. The maximum Gasteiger partial charge on any atom is 0.142 e. The van der Waals surface area contributed by atoms with Crippen LogP contribution in [0.4, 0.5) is 5.69 Å². The van der Waals surface area contributed by atoms with E-state index >= 15 is 0 Å². The van der Waals surface area contributed by atoms with Crippen LogP contribution in [0.15, 0.2) is 24.3 Å². The summed E-state index contributed by atoms with van der Waals surface area (Å²) in [6.45, 7) is 5.46. The van der Waals surface area contributed by atoms with Gasteiger partial charge in [0.25, 0.3) is 0 Å². The first-order valence-electron chi connectivity index (χ1n) is 8.02. The molecular formula is C17H28N2O. The van der Waals surface area contributed by atoms with Crippen LogP contribution in [0.1, 0.15) is 45.4 Å². The monoisotopic (exact) mass is 276 g/mol. The van der Waals surface area contributed by atoms with Gasteiger partial charge in [0.2, 0.25) is 0 Å². The van der Waals surface area contributed by atoms with Crippen molar-refractivity contribution in [3.63, 3.8) is 0 Å². The minimum absolute atomic E-state index is 0.730. The van der Waals surface area contributed by atoms with Crippen molar-refractivity contribution in [3.05, 3.63) is 24.3 Å². The standard InChI is InChI=1S/C17H28N2O/c1-2-15-9-4-3-7-12-19(15)13-8-14-20-17-11-6-5-10-16(17)18/h5-6,10-11,15H,2-4,7-9,12-14,18H2,1H3. The van der Waals surface area contributed by atoms with Crippen molar-refractivity contribution >= 4 is 5.69 Å². The summed E-state index contributed by atoms with van der Waals surface area (Å²) in [4.78, 5) is 2.66. The van der Waals surface area contributed by atoms with Gasteiger partial charge in [0.1, 0.15) is 5.75 Å². The Balaban J connectivity index is 1.73. The highest BCUT2D eigenvalue weighted by Gasteiger charge is 2.18. The van der Waals surface area contributed by atoms with Crippen molar-refractivity contribution in [1.82, 2.24) is 4.90 Å². The van der Waals surface area contributed by atoms with E-state index in [4.69, 9.17) is 10.5 Å². The number of nitrogens with two attached hydrogens (primary N) is 1. The van der Waals surface area contributed by atoms with Gasteiger partial charge in [-0.25, -0.2) is 0 Å². The lowest BCUT2D eigenvalue weighted by molar-refractivity contribution is 0.177. The van der Waals surface area contributed by atoms with E-state index in [9.17, 15) is 0 Å². The summed E-state index contributed by atoms with van der Waals surface area (Å²) in [6, 6.07) is 8.51. The molecule has 1 aromatic rings. The summed E-state index contributed by atoms with van der Waals surface area (Å²) in [7, 11) is 0. The van der Waals surface area contributed by atoms with Crippen LogP contribution in [-0.2, 0) is 0 Å². The highest BCUT2D eigenvalue weighted by Crippen LogP contribution is 2.21. The van der Waals surface area contributed by atoms with Crippen molar-refractivity contribution in [2.45, 2.75) is 51.5 Å². The molecule has 1 aromatic carbocycles. The SMILES string of the molecule is CCC1CCCCCN1CCCOc1ccccc1N. The van der Waals surface area contributed by atoms with Gasteiger partial charge < -0.3 is 15.4 Å². The fourth-order valence-electron chi connectivity index (χ4n) is 3.06. The Morgan fingerprint density at radius 3 is 2.90 bits per heavy atom. The van der Waals surface area contributed by atoms with Crippen LogP contribution in [0.2, 0.25) is 0 Å². The van der Waals surface area contributed by atoms with Crippen molar-refractivity contribution in [3.8, 4) is 5.75 Å². The summed E-state index contributed by atoms with van der Waals surface area (Å²) in [5.41, 5.74) is 6.60. The highest BCUT2D eigenvalue weighted by molar-refractivity contribution is 5.51. The third-order valence-electron chi connectivity index (χ3n) is 4.24. The lowest BCUT2D eigenvalue weighted by Gasteiger charge is -2.29. The Labute approximate surface area is 123 Å². The molecule has 0 saturated carbocycles. The van der Waals surface area contributed by atoms with Gasteiger partial charge in [0, 0.05) is 12.6 Å². The number of nitrogens with zero attached hydrogens (tertiary/aromatic N) is 1. The molecule has 1 fully saturated rings. The lowest BCUT2D eigenvalue weighted by atomic mass is 10.1. The fraction of sp³-hybridized carbons (Fsp3) is 0.647. The normalized spacial score (nSPS) is 20.6. The van der Waals surface area contributed by atoms with Crippen LogP contribution in [0.25, 0.3) is 0 Å². The number of rotatable bonds is 6. The second kappa shape index (κ2) is 8.15. The van der Waals surface area contributed by atoms with Crippen LogP contribution in [-0.4, -0.2) is 30.6 Å². The molecular weight excluding hydrogens is 248 g/mol. The second-order valence-corrected chi connectivity index (χ2v) is 5.69. The summed E-state index contributed by atoms with van der Waals surface area (Å²) < 4.78 is 5.78. The van der Waals surface area contributed by atoms with Crippen LogP contribution >= 0.6 is 0 Å². The largest absolute Gasteiger partial charge is 0.491 e. The summed E-state index contributed by atoms with van der Waals surface area (Å²) in [5.74, 6) is 0.815. The number of anilines is 1. The molecule has 1 atom stereocenters. The third-order valence-corrected chi connectivity index (χ3v) is 4.24. The maximum atomic E-state index is 5.87. The zero-order chi connectivity index (χ0) is 14.2. The molecule has 2 rings (SSSR count). The van der Waals surface area contributed by atoms with Crippen LogP contribution in [0, 0.1) is 0 Å². The van der Waals surface area contributed by atoms with E-state index in [1.807, 2.05) is 24.3 Å². The Morgan fingerprint density at radius 1 is 1.25 bits per heavy atom. The van der Waals surface area contributed by atoms with E-state index < -0.39 is 0 Å². The molecule has 0 aromatic heterocycles. The van der Waals surface area contributed by atoms with E-state index in [0.29, 0.717) is 0 Å². The van der Waals surface area contributed by atoms with Crippen LogP contribution in [0.5, 0.6) is 5.75 Å². The Bertz CT molecular complexity index is 394. The van der Waals surface area contributed by atoms with Gasteiger partial charge in [0.15, 0.2) is 0 Å². The molecule has 3 heteroatoms. The Morgan fingerprint density at radius 2 is 2.10 bits per heavy atom. The van der Waals surface area contributed by atoms with Crippen molar-refractivity contribution in [2.75, 3.05) is 25.4 Å². The molecule has 0 radical (unpaired) electrons. The zero-order valence-corrected chi connectivity index (χ0v) is 12.7. The molecule has 3 nitrogen and oxygen atoms in total. The van der Waals surface area contributed by atoms with E-state index in [2.05, 4.69) is 11.8 Å². The fourth-order valence-corrected chi connectivity index (χ4v) is 3.06. The molecule has 20 heavy (non-hydrogen) atoms. The summed E-state index contributed by atoms with van der Waals surface area (Å²) >= 11 is 0. The molecule has 1 heterocycles. The van der Waals surface area contributed by atoms with Crippen LogP contribution < -0.4 is 10.5 Å². The maximum absolute atomic E-state index is 5.87. The van der Waals surface area contributed by atoms with Crippen LogP contribution in [0.3, 0.4) is 0 Å². The molecule has 1 unspecified atom stereocenters. The van der Waals surface area contributed by atoms with E-state index in [0.717, 1.165) is 37.1 Å². The molecule has 0 spiro atoms. The number of benzene rings is 1. The first kappa shape index (κ1) is 15.2. The minimum Gasteiger partial charge on any atom is -0.491 e. The van der Waals surface area contributed by atoms with Gasteiger partial charge in [-0.1, -0.05) is 31.9 Å². The number of hydrogen-bond donors (Lipinski definition) is 1. The van der Waals surface area contributed by atoms with Gasteiger partial charge in [-0.2, -0.15) is 0 Å². The first-order chi connectivity index (χ1) is 9.81. The van der Waals surface area contributed by atoms with E-state index in [1.165, 1.54) is 38.6 Å². The number of nitrogen functional groups attached to an aromatic ring is 1. The van der Waals surface area contributed by atoms with Gasteiger partial charge in [-0.15, -0.1) is 0 Å². The van der Waals surface area contributed by atoms with Gasteiger partial charge >= 0.3 is 0 Å². The van der Waals surface area contributed by atoms with Crippen molar-refractivity contribution in [1.29, 1.82) is 0 Å².